The molecule has 0 rings (SSSR count). The van der Waals surface area contributed by atoms with E-state index in [0.29, 0.717) is 7.11 Å². The molecule has 3 nitrogen and oxygen atoms in total. The topological polar surface area (TPSA) is 50.1 Å². The molecule has 0 spiro atoms. The van der Waals surface area contributed by atoms with Crippen LogP contribution in [0.2, 0.25) is 0 Å². The van der Waals surface area contributed by atoms with Crippen molar-refractivity contribution in [3.05, 3.63) is 11.7 Å². The summed E-state index contributed by atoms with van der Waals surface area (Å²) in [6.07, 6.45) is -6.02. The molecule has 0 fully saturated rings. The smallest absolute Gasteiger partial charge is 0.443 e. The van der Waals surface area contributed by atoms with E-state index < -0.39 is 29.5 Å². The number of hydrogen-bond donors (Lipinski definition) is 0. The maximum Gasteiger partial charge on any atom is 0.443 e. The summed E-state index contributed by atoms with van der Waals surface area (Å²) in [6, 6.07) is -0.0943. The zero-order valence-electron chi connectivity index (χ0n) is 7.53. The van der Waals surface area contributed by atoms with Crippen LogP contribution >= 0.6 is 0 Å². The summed E-state index contributed by atoms with van der Waals surface area (Å²) >= 11 is 0. The molecule has 1 atom stereocenters. The second kappa shape index (κ2) is 4.42. The third-order valence-electron chi connectivity index (χ3n) is 1.40. The average Bonchev–Trinajstić information content (AvgIpc) is 2.22. The highest BCUT2D eigenvalue weighted by Crippen LogP contribution is 2.41. The summed E-state index contributed by atoms with van der Waals surface area (Å²) < 4.78 is 77.2. The van der Waals surface area contributed by atoms with E-state index in [2.05, 4.69) is 4.74 Å². The first kappa shape index (κ1) is 14.3. The molecule has 0 N–H and O–H groups in total. The molecule has 0 aromatic carbocycles. The molecule has 0 radical (unpaired) electrons. The van der Waals surface area contributed by atoms with Crippen LogP contribution in [-0.4, -0.2) is 24.9 Å². The van der Waals surface area contributed by atoms with Gasteiger partial charge in [0.15, 0.2) is 0 Å². The summed E-state index contributed by atoms with van der Waals surface area (Å²) in [5.74, 6) is -8.09. The van der Waals surface area contributed by atoms with E-state index in [9.17, 15) is 31.1 Å². The van der Waals surface area contributed by atoms with Crippen LogP contribution < -0.4 is 0 Å². The lowest BCUT2D eigenvalue weighted by Crippen LogP contribution is -2.41. The number of methoxy groups -OCH3 is 1. The highest BCUT2D eigenvalue weighted by atomic mass is 19.4. The second-order valence-corrected chi connectivity index (χ2v) is 2.39. The molecule has 0 heterocycles. The van der Waals surface area contributed by atoms with Gasteiger partial charge in [-0.3, -0.25) is 0 Å². The molecule has 9 heteroatoms. The Hall–Kier alpha value is -1.72. The standard InChI is InChI=1S/C7H3F6NO2/c1-16-5(15)3(8)4(9)6(10,2-14)7(11,12)13/h1H3/b4-3-. The summed E-state index contributed by atoms with van der Waals surface area (Å²) in [7, 11) is 0.537. The fraction of sp³-hybridized carbons (Fsp3) is 0.429. The third-order valence-corrected chi connectivity index (χ3v) is 1.40. The minimum Gasteiger partial charge on any atom is -0.464 e. The summed E-state index contributed by atoms with van der Waals surface area (Å²) in [6.45, 7) is 0. The number of carbonyl (C=O) groups is 1. The zero-order valence-corrected chi connectivity index (χ0v) is 7.53. The first-order chi connectivity index (χ1) is 7.11. The fourth-order valence-corrected chi connectivity index (χ4v) is 0.567. The number of ether oxygens (including phenoxy) is 1. The van der Waals surface area contributed by atoms with E-state index in [1.54, 1.807) is 0 Å². The minimum atomic E-state index is -6.02. The van der Waals surface area contributed by atoms with Gasteiger partial charge >= 0.3 is 17.8 Å². The van der Waals surface area contributed by atoms with Crippen molar-refractivity contribution in [2.24, 2.45) is 0 Å². The van der Waals surface area contributed by atoms with E-state index in [-0.39, 0.29) is 6.07 Å². The molecule has 0 saturated heterocycles. The highest BCUT2D eigenvalue weighted by Gasteiger charge is 2.62. The molecule has 0 aliphatic carbocycles. The van der Waals surface area contributed by atoms with Crippen LogP contribution in [0.5, 0.6) is 0 Å². The van der Waals surface area contributed by atoms with Crippen molar-refractivity contribution < 1.29 is 35.9 Å². The Bertz CT molecular complexity index is 368. The maximum absolute atomic E-state index is 12.8. The summed E-state index contributed by atoms with van der Waals surface area (Å²) in [5, 5.41) is 7.86. The van der Waals surface area contributed by atoms with Crippen LogP contribution in [0.4, 0.5) is 26.3 Å². The fourth-order valence-electron chi connectivity index (χ4n) is 0.567. The normalized spacial score (nSPS) is 16.9. The molecular formula is C7H3F6NO2. The highest BCUT2D eigenvalue weighted by molar-refractivity contribution is 5.86. The Morgan fingerprint density at radius 3 is 1.94 bits per heavy atom. The minimum absolute atomic E-state index is 0.0943. The molecule has 16 heavy (non-hydrogen) atoms. The van der Waals surface area contributed by atoms with Crippen molar-refractivity contribution in [3.8, 4) is 6.07 Å². The number of alkyl halides is 4. The lowest BCUT2D eigenvalue weighted by Gasteiger charge is -2.18. The first-order valence-corrected chi connectivity index (χ1v) is 3.42. The molecule has 0 aliphatic rings. The first-order valence-electron chi connectivity index (χ1n) is 3.42. The predicted molar refractivity (Wildman–Crippen MR) is 36.8 cm³/mol. The monoisotopic (exact) mass is 247 g/mol. The van der Waals surface area contributed by atoms with Crippen molar-refractivity contribution in [2.45, 2.75) is 11.8 Å². The Morgan fingerprint density at radius 1 is 1.25 bits per heavy atom. The molecular weight excluding hydrogens is 244 g/mol. The quantitative estimate of drug-likeness (QED) is 0.426. The summed E-state index contributed by atoms with van der Waals surface area (Å²) in [5.41, 5.74) is -5.22. The van der Waals surface area contributed by atoms with Gasteiger partial charge in [-0.15, -0.1) is 0 Å². The Kier molecular flexibility index (Phi) is 3.95. The Balaban J connectivity index is 5.64. The lowest BCUT2D eigenvalue weighted by molar-refractivity contribution is -0.201. The van der Waals surface area contributed by atoms with E-state index >= 15 is 0 Å². The van der Waals surface area contributed by atoms with Crippen molar-refractivity contribution in [3.63, 3.8) is 0 Å². The van der Waals surface area contributed by atoms with Gasteiger partial charge < -0.3 is 4.74 Å². The molecule has 0 aromatic heterocycles. The van der Waals surface area contributed by atoms with Crippen molar-refractivity contribution in [1.29, 1.82) is 5.26 Å². The number of nitriles is 1. The van der Waals surface area contributed by atoms with Gasteiger partial charge in [0.25, 0.3) is 0 Å². The molecule has 0 amide bonds. The second-order valence-electron chi connectivity index (χ2n) is 2.39. The van der Waals surface area contributed by atoms with E-state index in [0.717, 1.165) is 0 Å². The molecule has 1 unspecified atom stereocenters. The number of hydrogen-bond acceptors (Lipinski definition) is 3. The number of allylic oxidation sites excluding steroid dienone is 1. The molecule has 0 aromatic rings. The van der Waals surface area contributed by atoms with Crippen molar-refractivity contribution in [2.75, 3.05) is 7.11 Å². The van der Waals surface area contributed by atoms with Crippen LogP contribution in [0.1, 0.15) is 0 Å². The molecule has 90 valence electrons. The van der Waals surface area contributed by atoms with Gasteiger partial charge in [-0.2, -0.15) is 22.8 Å². The maximum atomic E-state index is 12.8. The van der Waals surface area contributed by atoms with Crippen molar-refractivity contribution in [1.82, 2.24) is 0 Å². The van der Waals surface area contributed by atoms with Gasteiger partial charge in [-0.05, 0) is 0 Å². The van der Waals surface area contributed by atoms with Crippen LogP contribution in [0.15, 0.2) is 11.7 Å². The SMILES string of the molecule is COC(=O)/C(F)=C(/F)C(F)(C#N)C(F)(F)F. The van der Waals surface area contributed by atoms with Crippen LogP contribution in [0.3, 0.4) is 0 Å². The van der Waals surface area contributed by atoms with Gasteiger partial charge in [0.1, 0.15) is 6.07 Å². The average molecular weight is 247 g/mol. The number of halogens is 6. The molecule has 0 bridgehead atoms. The van der Waals surface area contributed by atoms with Gasteiger partial charge in [0.05, 0.1) is 7.11 Å². The molecule has 0 aliphatic heterocycles. The number of carbonyl (C=O) groups excluding carboxylic acids is 1. The van der Waals surface area contributed by atoms with Gasteiger partial charge in [-0.1, -0.05) is 0 Å². The molecule has 0 saturated carbocycles. The van der Waals surface area contributed by atoms with Crippen molar-refractivity contribution >= 4 is 5.97 Å². The summed E-state index contributed by atoms with van der Waals surface area (Å²) in [4.78, 5) is 10.3. The van der Waals surface area contributed by atoms with Crippen LogP contribution in [0, 0.1) is 11.3 Å². The number of esters is 1. The van der Waals surface area contributed by atoms with E-state index in [1.807, 2.05) is 0 Å². The Morgan fingerprint density at radius 2 is 1.69 bits per heavy atom. The largest absolute Gasteiger partial charge is 0.464 e. The van der Waals surface area contributed by atoms with Gasteiger partial charge in [0.2, 0.25) is 11.7 Å². The lowest BCUT2D eigenvalue weighted by atomic mass is 10.1. The van der Waals surface area contributed by atoms with Crippen LogP contribution in [-0.2, 0) is 9.53 Å². The van der Waals surface area contributed by atoms with Gasteiger partial charge in [0, 0.05) is 0 Å². The van der Waals surface area contributed by atoms with Crippen LogP contribution in [0.25, 0.3) is 0 Å². The third kappa shape index (κ3) is 2.26. The van der Waals surface area contributed by atoms with E-state index in [1.165, 1.54) is 0 Å². The Labute approximate surface area is 84.9 Å². The number of rotatable bonds is 2. The predicted octanol–water partition coefficient (Wildman–Crippen LogP) is 2.10. The van der Waals surface area contributed by atoms with E-state index in [4.69, 9.17) is 5.26 Å². The van der Waals surface area contributed by atoms with Gasteiger partial charge in [-0.25, -0.2) is 13.6 Å². The number of nitrogens with zero attached hydrogens (tertiary/aromatic N) is 1. The zero-order chi connectivity index (χ0) is 13.1.